The first-order chi connectivity index (χ1) is 14.5. The highest BCUT2D eigenvalue weighted by atomic mass is 32.2. The van der Waals surface area contributed by atoms with Gasteiger partial charge in [-0.15, -0.1) is 0 Å². The summed E-state index contributed by atoms with van der Waals surface area (Å²) >= 11 is 0. The van der Waals surface area contributed by atoms with Crippen LogP contribution >= 0.6 is 0 Å². The predicted octanol–water partition coefficient (Wildman–Crippen LogP) is 1.97. The molecule has 4 atom stereocenters. The maximum atomic E-state index is 14.6. The molecule has 4 N–H and O–H groups in total. The highest BCUT2D eigenvalue weighted by Crippen LogP contribution is 2.57. The van der Waals surface area contributed by atoms with Crippen LogP contribution in [0, 0.1) is 23.6 Å². The average molecular weight is 450 g/mol. The van der Waals surface area contributed by atoms with E-state index in [1.54, 1.807) is 4.72 Å². The number of carbonyl (C=O) groups is 2. The minimum atomic E-state index is -4.28. The van der Waals surface area contributed by atoms with Gasteiger partial charge in [0.25, 0.3) is 5.91 Å². The van der Waals surface area contributed by atoms with Crippen molar-refractivity contribution < 1.29 is 27.5 Å². The number of nitrogens with zero attached hydrogens (tertiary/aromatic N) is 1. The largest absolute Gasteiger partial charge is 0.506 e. The van der Waals surface area contributed by atoms with E-state index in [9.17, 15) is 27.5 Å². The third-order valence-corrected chi connectivity index (χ3v) is 8.13. The second-order valence-corrected chi connectivity index (χ2v) is 10.8. The number of fused-ring (bicyclic) bond motifs is 1. The Morgan fingerprint density at radius 3 is 2.81 bits per heavy atom. The number of urea groups is 1. The predicted molar refractivity (Wildman–Crippen MR) is 110 cm³/mol. The lowest BCUT2D eigenvalue weighted by atomic mass is 9.69. The first kappa shape index (κ1) is 20.1. The van der Waals surface area contributed by atoms with Crippen molar-refractivity contribution >= 4 is 33.5 Å². The molecule has 3 aliphatic carbocycles. The molecule has 2 bridgehead atoms. The highest BCUT2D eigenvalue weighted by molar-refractivity contribution is 7.92. The van der Waals surface area contributed by atoms with Crippen molar-refractivity contribution in [1.82, 2.24) is 10.0 Å². The molecule has 1 aromatic carbocycles. The Labute approximate surface area is 178 Å². The van der Waals surface area contributed by atoms with Gasteiger partial charge in [0.2, 0.25) is 0 Å². The lowest BCUT2D eigenvalue weighted by Crippen LogP contribution is -2.48. The smallest absolute Gasteiger partial charge is 0.326 e. The highest BCUT2D eigenvalue weighted by Gasteiger charge is 2.49. The van der Waals surface area contributed by atoms with Crippen molar-refractivity contribution in [2.24, 2.45) is 17.8 Å². The normalized spacial score (nSPS) is 32.6. The average Bonchev–Trinajstić information content (AvgIpc) is 3.02. The molecule has 11 heteroatoms. The maximum Gasteiger partial charge on any atom is 0.326 e. The van der Waals surface area contributed by atoms with Crippen molar-refractivity contribution in [1.29, 1.82) is 0 Å². The summed E-state index contributed by atoms with van der Waals surface area (Å²) in [7, 11) is -4.28. The molecule has 166 valence electrons. The van der Waals surface area contributed by atoms with Gasteiger partial charge in [0.1, 0.15) is 18.0 Å². The van der Waals surface area contributed by atoms with Crippen molar-refractivity contribution in [2.75, 3.05) is 16.2 Å². The molecule has 3 fully saturated rings. The molecular weight excluding hydrogens is 427 g/mol. The van der Waals surface area contributed by atoms with Gasteiger partial charge in [0.15, 0.2) is 5.82 Å². The number of hydrogen-bond donors (Lipinski definition) is 4. The first-order valence-corrected chi connectivity index (χ1v) is 11.6. The van der Waals surface area contributed by atoms with Gasteiger partial charge in [0, 0.05) is 11.8 Å². The van der Waals surface area contributed by atoms with Gasteiger partial charge in [-0.1, -0.05) is 11.6 Å². The summed E-state index contributed by atoms with van der Waals surface area (Å²) in [4.78, 5) is 24.0. The molecule has 2 saturated carbocycles. The quantitative estimate of drug-likeness (QED) is 0.524. The van der Waals surface area contributed by atoms with Crippen molar-refractivity contribution in [3.8, 4) is 5.75 Å². The van der Waals surface area contributed by atoms with Crippen molar-refractivity contribution in [2.45, 2.75) is 38.1 Å². The van der Waals surface area contributed by atoms with Gasteiger partial charge in [-0.2, -0.15) is 8.42 Å². The molecule has 0 aromatic heterocycles. The van der Waals surface area contributed by atoms with E-state index < -0.39 is 51.5 Å². The molecule has 4 aliphatic rings. The third-order valence-electron chi connectivity index (χ3n) is 6.75. The summed E-state index contributed by atoms with van der Waals surface area (Å²) in [5.74, 6) is -0.622. The summed E-state index contributed by atoms with van der Waals surface area (Å²) in [6.45, 7) is 1.33. The summed E-state index contributed by atoms with van der Waals surface area (Å²) in [5, 5.41) is 15.7. The van der Waals surface area contributed by atoms with Crippen LogP contribution in [0.1, 0.15) is 32.6 Å². The second-order valence-electron chi connectivity index (χ2n) is 9.19. The lowest BCUT2D eigenvalue weighted by molar-refractivity contribution is -0.117. The van der Waals surface area contributed by atoms with Crippen LogP contribution in [-0.4, -0.2) is 37.5 Å². The minimum Gasteiger partial charge on any atom is -0.506 e. The van der Waals surface area contributed by atoms with E-state index >= 15 is 0 Å². The number of halogens is 1. The van der Waals surface area contributed by atoms with Crippen LogP contribution in [0.5, 0.6) is 5.75 Å². The number of allylic oxidation sites excluding steroid dienone is 1. The van der Waals surface area contributed by atoms with Gasteiger partial charge >= 0.3 is 16.2 Å². The molecule has 0 radical (unpaired) electrons. The Morgan fingerprint density at radius 2 is 2.13 bits per heavy atom. The molecule has 1 heterocycles. The number of hydrogen-bond acceptors (Lipinski definition) is 5. The SMILES string of the molecule is CC1(NC(=O)Nc2cc(O)c(N3CC(=O)NS3(=O)=O)c(F)c2)C=C2CC3CC(CC23)C1. The molecule has 31 heavy (non-hydrogen) atoms. The molecule has 5 rings (SSSR count). The zero-order chi connectivity index (χ0) is 22.1. The van der Waals surface area contributed by atoms with Crippen LogP contribution < -0.4 is 19.7 Å². The third kappa shape index (κ3) is 3.40. The van der Waals surface area contributed by atoms with E-state index in [4.69, 9.17) is 0 Å². The minimum absolute atomic E-state index is 0.0396. The summed E-state index contributed by atoms with van der Waals surface area (Å²) < 4.78 is 40.7. The topological polar surface area (TPSA) is 128 Å². The Morgan fingerprint density at radius 1 is 1.35 bits per heavy atom. The molecule has 9 nitrogen and oxygen atoms in total. The van der Waals surface area contributed by atoms with Crippen LogP contribution in [0.15, 0.2) is 23.8 Å². The number of anilines is 2. The fraction of sp³-hybridized carbons (Fsp3) is 0.500. The number of carbonyl (C=O) groups excluding carboxylic acids is 2. The van der Waals surface area contributed by atoms with Gasteiger partial charge < -0.3 is 15.7 Å². The number of phenolic OH excluding ortho intramolecular Hbond substituents is 1. The zero-order valence-corrected chi connectivity index (χ0v) is 17.6. The molecule has 3 amide bonds. The molecule has 4 unspecified atom stereocenters. The van der Waals surface area contributed by atoms with E-state index in [1.807, 2.05) is 6.92 Å². The van der Waals surface area contributed by atoms with Gasteiger partial charge in [0.05, 0.1) is 5.54 Å². The van der Waals surface area contributed by atoms with Crippen LogP contribution in [-0.2, 0) is 15.0 Å². The molecule has 1 saturated heterocycles. The number of rotatable bonds is 3. The Bertz CT molecular complexity index is 1110. The van der Waals surface area contributed by atoms with E-state index in [2.05, 4.69) is 16.7 Å². The van der Waals surface area contributed by atoms with E-state index in [0.717, 1.165) is 30.9 Å². The number of nitrogens with one attached hydrogen (secondary N) is 3. The first-order valence-electron chi connectivity index (χ1n) is 10.2. The second kappa shape index (κ2) is 6.59. The van der Waals surface area contributed by atoms with E-state index in [1.165, 1.54) is 18.4 Å². The summed E-state index contributed by atoms with van der Waals surface area (Å²) in [6.07, 6.45) is 6.45. The number of aromatic hydroxyl groups is 1. The fourth-order valence-electron chi connectivity index (χ4n) is 5.67. The molecule has 1 aliphatic heterocycles. The molecule has 1 aromatic rings. The van der Waals surface area contributed by atoms with Crippen molar-refractivity contribution in [3.05, 3.63) is 29.6 Å². The Hall–Kier alpha value is -2.82. The van der Waals surface area contributed by atoms with E-state index in [0.29, 0.717) is 16.1 Å². The maximum absolute atomic E-state index is 14.6. The van der Waals surface area contributed by atoms with Gasteiger partial charge in [-0.3, -0.25) is 4.79 Å². The van der Waals surface area contributed by atoms with Crippen molar-refractivity contribution in [3.63, 3.8) is 0 Å². The van der Waals surface area contributed by atoms with Crippen LogP contribution in [0.2, 0.25) is 0 Å². The lowest BCUT2D eigenvalue weighted by Gasteiger charge is -2.39. The summed E-state index contributed by atoms with van der Waals surface area (Å²) in [6, 6.07) is 1.40. The number of amides is 3. The van der Waals surface area contributed by atoms with Crippen LogP contribution in [0.4, 0.5) is 20.6 Å². The monoisotopic (exact) mass is 450 g/mol. The fourth-order valence-corrected chi connectivity index (χ4v) is 6.84. The Kier molecular flexibility index (Phi) is 4.27. The van der Waals surface area contributed by atoms with Crippen LogP contribution in [0.3, 0.4) is 0 Å². The van der Waals surface area contributed by atoms with Gasteiger partial charge in [-0.05, 0) is 56.4 Å². The van der Waals surface area contributed by atoms with Gasteiger partial charge in [-0.25, -0.2) is 18.2 Å². The standard InChI is InChI=1S/C20H23FN4O5S/c1-20(7-10-2-11-4-12(8-20)14(11)3-10)23-19(28)22-13-5-15(21)18(16(26)6-13)25-9-17(27)24-31(25,29)30/h5-6,8,10-11,14,26H,2-4,7,9H2,1H3,(H,24,27)(H2,22,23,28). The van der Waals surface area contributed by atoms with E-state index in [-0.39, 0.29) is 5.69 Å². The zero-order valence-electron chi connectivity index (χ0n) is 16.8. The molecule has 0 spiro atoms. The number of benzene rings is 1. The summed E-state index contributed by atoms with van der Waals surface area (Å²) in [5.41, 5.74) is 0.193. The number of phenols is 1. The Balaban J connectivity index is 1.33. The molecular formula is C20H23FN4O5S. The van der Waals surface area contributed by atoms with Crippen LogP contribution in [0.25, 0.3) is 0 Å².